The molecular weight excluding hydrogens is 236 g/mol. The van der Waals surface area contributed by atoms with Gasteiger partial charge in [-0.2, -0.15) is 0 Å². The third kappa shape index (κ3) is 2.84. The predicted molar refractivity (Wildman–Crippen MR) is 78.4 cm³/mol. The zero-order chi connectivity index (χ0) is 13.5. The highest BCUT2D eigenvalue weighted by Crippen LogP contribution is 2.38. The summed E-state index contributed by atoms with van der Waals surface area (Å²) >= 11 is 0. The first-order chi connectivity index (χ1) is 8.99. The van der Waals surface area contributed by atoms with Crippen LogP contribution in [-0.2, 0) is 4.74 Å². The first kappa shape index (κ1) is 13.8. The molecule has 2 unspecified atom stereocenters. The molecule has 2 heterocycles. The molecule has 1 aliphatic carbocycles. The van der Waals surface area contributed by atoms with Crippen LogP contribution in [0.3, 0.4) is 0 Å². The molecule has 110 valence electrons. The SMILES string of the molecule is CC1CN(CC2CCC(C)(C)O2)C2(CCCC2)CN1. The summed E-state index contributed by atoms with van der Waals surface area (Å²) in [5, 5.41) is 3.70. The summed E-state index contributed by atoms with van der Waals surface area (Å²) in [4.78, 5) is 2.77. The van der Waals surface area contributed by atoms with Gasteiger partial charge in [0.15, 0.2) is 0 Å². The van der Waals surface area contributed by atoms with E-state index in [9.17, 15) is 0 Å². The second-order valence-corrected chi connectivity index (χ2v) is 7.66. The molecule has 1 N–H and O–H groups in total. The van der Waals surface area contributed by atoms with Crippen LogP contribution in [0.4, 0.5) is 0 Å². The van der Waals surface area contributed by atoms with Gasteiger partial charge >= 0.3 is 0 Å². The van der Waals surface area contributed by atoms with Gasteiger partial charge in [0, 0.05) is 31.2 Å². The van der Waals surface area contributed by atoms with E-state index in [0.717, 1.165) is 6.54 Å². The number of nitrogens with zero attached hydrogens (tertiary/aromatic N) is 1. The fraction of sp³-hybridized carbons (Fsp3) is 1.00. The van der Waals surface area contributed by atoms with Crippen LogP contribution in [0.25, 0.3) is 0 Å². The third-order valence-corrected chi connectivity index (χ3v) is 5.46. The van der Waals surface area contributed by atoms with Gasteiger partial charge < -0.3 is 10.1 Å². The Labute approximate surface area is 118 Å². The van der Waals surface area contributed by atoms with Crippen molar-refractivity contribution in [3.05, 3.63) is 0 Å². The molecule has 2 saturated heterocycles. The van der Waals surface area contributed by atoms with Crippen LogP contribution in [0.2, 0.25) is 0 Å². The number of ether oxygens (including phenoxy) is 1. The molecule has 3 nitrogen and oxygen atoms in total. The maximum absolute atomic E-state index is 6.23. The summed E-state index contributed by atoms with van der Waals surface area (Å²) in [7, 11) is 0. The van der Waals surface area contributed by atoms with E-state index in [0.29, 0.717) is 17.7 Å². The van der Waals surface area contributed by atoms with Crippen LogP contribution in [0.5, 0.6) is 0 Å². The summed E-state index contributed by atoms with van der Waals surface area (Å²) in [6.07, 6.45) is 8.48. The quantitative estimate of drug-likeness (QED) is 0.831. The number of rotatable bonds is 2. The second-order valence-electron chi connectivity index (χ2n) is 7.66. The van der Waals surface area contributed by atoms with Crippen molar-refractivity contribution < 1.29 is 4.74 Å². The summed E-state index contributed by atoms with van der Waals surface area (Å²) < 4.78 is 6.23. The molecule has 0 aromatic rings. The Balaban J connectivity index is 1.66. The van der Waals surface area contributed by atoms with Gasteiger partial charge in [0.1, 0.15) is 0 Å². The van der Waals surface area contributed by atoms with E-state index in [4.69, 9.17) is 4.74 Å². The largest absolute Gasteiger partial charge is 0.371 e. The molecule has 0 amide bonds. The van der Waals surface area contributed by atoms with E-state index < -0.39 is 0 Å². The lowest BCUT2D eigenvalue weighted by atomic mass is 9.90. The van der Waals surface area contributed by atoms with Crippen molar-refractivity contribution in [3.8, 4) is 0 Å². The van der Waals surface area contributed by atoms with Gasteiger partial charge in [0.25, 0.3) is 0 Å². The average molecular weight is 266 g/mol. The normalized spacial score (nSPS) is 38.1. The van der Waals surface area contributed by atoms with Gasteiger partial charge in [-0.1, -0.05) is 12.8 Å². The standard InChI is InChI=1S/C16H30N2O/c1-13-10-18(11-14-6-9-15(2,3)19-14)16(12-17-13)7-4-5-8-16/h13-14,17H,4-12H2,1-3H3. The van der Waals surface area contributed by atoms with Crippen molar-refractivity contribution in [1.82, 2.24) is 10.2 Å². The molecule has 19 heavy (non-hydrogen) atoms. The number of nitrogens with one attached hydrogen (secondary N) is 1. The Morgan fingerprint density at radius 3 is 2.58 bits per heavy atom. The number of piperazine rings is 1. The van der Waals surface area contributed by atoms with Crippen LogP contribution in [0.15, 0.2) is 0 Å². The summed E-state index contributed by atoms with van der Waals surface area (Å²) in [6.45, 7) is 10.3. The fourth-order valence-electron chi connectivity index (χ4n) is 4.31. The minimum Gasteiger partial charge on any atom is -0.371 e. The lowest BCUT2D eigenvalue weighted by Crippen LogP contribution is -2.64. The van der Waals surface area contributed by atoms with Crippen LogP contribution >= 0.6 is 0 Å². The molecule has 3 fully saturated rings. The summed E-state index contributed by atoms with van der Waals surface area (Å²) in [5.41, 5.74) is 0.551. The first-order valence-corrected chi connectivity index (χ1v) is 8.15. The van der Waals surface area contributed by atoms with Gasteiger partial charge in [-0.15, -0.1) is 0 Å². The molecule has 3 rings (SSSR count). The van der Waals surface area contributed by atoms with E-state index in [1.165, 1.54) is 51.6 Å². The van der Waals surface area contributed by atoms with Crippen molar-refractivity contribution in [2.45, 2.75) is 82.6 Å². The molecule has 1 spiro atoms. The fourth-order valence-corrected chi connectivity index (χ4v) is 4.31. The number of hydrogen-bond acceptors (Lipinski definition) is 3. The monoisotopic (exact) mass is 266 g/mol. The van der Waals surface area contributed by atoms with Crippen LogP contribution < -0.4 is 5.32 Å². The van der Waals surface area contributed by atoms with Crippen molar-refractivity contribution >= 4 is 0 Å². The Morgan fingerprint density at radius 1 is 1.21 bits per heavy atom. The van der Waals surface area contributed by atoms with Gasteiger partial charge in [-0.3, -0.25) is 4.90 Å². The molecule has 3 aliphatic rings. The summed E-state index contributed by atoms with van der Waals surface area (Å²) in [6, 6.07) is 0.626. The number of hydrogen-bond donors (Lipinski definition) is 1. The zero-order valence-corrected chi connectivity index (χ0v) is 12.9. The van der Waals surface area contributed by atoms with E-state index in [1.54, 1.807) is 0 Å². The molecule has 3 heteroatoms. The van der Waals surface area contributed by atoms with E-state index in [-0.39, 0.29) is 5.60 Å². The Morgan fingerprint density at radius 2 is 1.95 bits per heavy atom. The molecule has 1 saturated carbocycles. The highest BCUT2D eigenvalue weighted by Gasteiger charge is 2.44. The Bertz CT molecular complexity index is 323. The molecular formula is C16H30N2O. The zero-order valence-electron chi connectivity index (χ0n) is 12.9. The van der Waals surface area contributed by atoms with Crippen LogP contribution in [0.1, 0.15) is 59.3 Å². The van der Waals surface area contributed by atoms with Crippen LogP contribution in [0, 0.1) is 0 Å². The topological polar surface area (TPSA) is 24.5 Å². The molecule has 0 radical (unpaired) electrons. The van der Waals surface area contributed by atoms with Gasteiger partial charge in [-0.25, -0.2) is 0 Å². The second kappa shape index (κ2) is 5.01. The van der Waals surface area contributed by atoms with Gasteiger partial charge in [0.2, 0.25) is 0 Å². The smallest absolute Gasteiger partial charge is 0.0710 e. The Hall–Kier alpha value is -0.120. The van der Waals surface area contributed by atoms with Crippen molar-refractivity contribution in [1.29, 1.82) is 0 Å². The highest BCUT2D eigenvalue weighted by atomic mass is 16.5. The maximum atomic E-state index is 6.23. The highest BCUT2D eigenvalue weighted by molar-refractivity contribution is 5.02. The van der Waals surface area contributed by atoms with Crippen molar-refractivity contribution in [3.63, 3.8) is 0 Å². The van der Waals surface area contributed by atoms with Crippen molar-refractivity contribution in [2.24, 2.45) is 0 Å². The minimum atomic E-state index is 0.104. The van der Waals surface area contributed by atoms with E-state index in [1.807, 2.05) is 0 Å². The molecule has 2 aliphatic heterocycles. The minimum absolute atomic E-state index is 0.104. The lowest BCUT2D eigenvalue weighted by Gasteiger charge is -2.48. The molecule has 0 bridgehead atoms. The lowest BCUT2D eigenvalue weighted by molar-refractivity contribution is -0.0539. The van der Waals surface area contributed by atoms with E-state index >= 15 is 0 Å². The van der Waals surface area contributed by atoms with Crippen LogP contribution in [-0.4, -0.2) is 47.8 Å². The van der Waals surface area contributed by atoms with E-state index in [2.05, 4.69) is 31.0 Å². The maximum Gasteiger partial charge on any atom is 0.0710 e. The predicted octanol–water partition coefficient (Wildman–Crippen LogP) is 2.55. The average Bonchev–Trinajstić information content (AvgIpc) is 2.92. The van der Waals surface area contributed by atoms with Gasteiger partial charge in [0.05, 0.1) is 11.7 Å². The first-order valence-electron chi connectivity index (χ1n) is 8.15. The van der Waals surface area contributed by atoms with Gasteiger partial charge in [-0.05, 0) is 46.5 Å². The third-order valence-electron chi connectivity index (χ3n) is 5.46. The summed E-state index contributed by atoms with van der Waals surface area (Å²) in [5.74, 6) is 0. The Kier molecular flexibility index (Phi) is 3.65. The molecule has 0 aromatic carbocycles. The molecule has 2 atom stereocenters. The van der Waals surface area contributed by atoms with Crippen molar-refractivity contribution in [2.75, 3.05) is 19.6 Å². The molecule has 0 aromatic heterocycles.